The fraction of sp³-hybridized carbons (Fsp3) is 0.250. The maximum atomic E-state index is 9.74. The lowest BCUT2D eigenvalue weighted by molar-refractivity contribution is 0.381. The van der Waals surface area contributed by atoms with Gasteiger partial charge in [0.25, 0.3) is 0 Å². The van der Waals surface area contributed by atoms with Gasteiger partial charge >= 0.3 is 0 Å². The smallest absolute Gasteiger partial charge is 0.144 e. The third kappa shape index (κ3) is 2.06. The Balaban J connectivity index is 2.33. The van der Waals surface area contributed by atoms with Gasteiger partial charge in [0.2, 0.25) is 0 Å². The van der Waals surface area contributed by atoms with Crippen LogP contribution in [0.5, 0.6) is 5.75 Å². The fourth-order valence-corrected chi connectivity index (χ4v) is 1.63. The number of aryl methyl sites for hydroxylation is 1. The summed E-state index contributed by atoms with van der Waals surface area (Å²) in [5.74, 6) is 1.01. The fourth-order valence-electron chi connectivity index (χ4n) is 1.63. The highest BCUT2D eigenvalue weighted by atomic mass is 16.5. The van der Waals surface area contributed by atoms with Gasteiger partial charge in [0.1, 0.15) is 11.5 Å². The summed E-state index contributed by atoms with van der Waals surface area (Å²) in [5.41, 5.74) is 7.04. The van der Waals surface area contributed by atoms with Crippen LogP contribution in [0.3, 0.4) is 0 Å². The van der Waals surface area contributed by atoms with E-state index in [4.69, 9.17) is 10.3 Å². The van der Waals surface area contributed by atoms with Gasteiger partial charge in [0, 0.05) is 17.5 Å². The number of benzene rings is 1. The highest BCUT2D eigenvalue weighted by Gasteiger charge is 2.12. The van der Waals surface area contributed by atoms with Crippen molar-refractivity contribution in [1.29, 1.82) is 0 Å². The predicted octanol–water partition coefficient (Wildman–Crippen LogP) is 1.94. The van der Waals surface area contributed by atoms with E-state index in [0.717, 1.165) is 29.7 Å². The first kappa shape index (κ1) is 10.7. The molecule has 1 aromatic heterocycles. The third-order valence-corrected chi connectivity index (χ3v) is 2.45. The molecule has 0 fully saturated rings. The summed E-state index contributed by atoms with van der Waals surface area (Å²) in [6.45, 7) is 0.612. The van der Waals surface area contributed by atoms with E-state index in [-0.39, 0.29) is 5.75 Å². The van der Waals surface area contributed by atoms with Crippen LogP contribution in [0.15, 0.2) is 35.0 Å². The van der Waals surface area contributed by atoms with Crippen LogP contribution in [-0.4, -0.2) is 16.8 Å². The summed E-state index contributed by atoms with van der Waals surface area (Å²) in [5, 5.41) is 13.5. The molecule has 0 amide bonds. The average Bonchev–Trinajstić information content (AvgIpc) is 2.75. The minimum atomic E-state index is 0.236. The van der Waals surface area contributed by atoms with E-state index in [2.05, 4.69) is 5.16 Å². The number of hydrogen-bond acceptors (Lipinski definition) is 4. The maximum absolute atomic E-state index is 9.74. The van der Waals surface area contributed by atoms with Gasteiger partial charge in [-0.3, -0.25) is 0 Å². The quantitative estimate of drug-likeness (QED) is 0.822. The molecule has 0 aliphatic carbocycles. The van der Waals surface area contributed by atoms with E-state index >= 15 is 0 Å². The molecule has 1 heterocycles. The highest BCUT2D eigenvalue weighted by molar-refractivity contribution is 5.70. The number of rotatable bonds is 4. The Morgan fingerprint density at radius 3 is 2.81 bits per heavy atom. The van der Waals surface area contributed by atoms with Crippen molar-refractivity contribution in [2.45, 2.75) is 12.8 Å². The zero-order valence-corrected chi connectivity index (χ0v) is 8.89. The number of phenolic OH excluding ortho intramolecular Hbond substituents is 1. The zero-order chi connectivity index (χ0) is 11.4. The summed E-state index contributed by atoms with van der Waals surface area (Å²) in [7, 11) is 0. The van der Waals surface area contributed by atoms with E-state index in [1.165, 1.54) is 0 Å². The van der Waals surface area contributed by atoms with Crippen LogP contribution in [0.25, 0.3) is 11.1 Å². The maximum Gasteiger partial charge on any atom is 0.144 e. The molecular weight excluding hydrogens is 204 g/mol. The van der Waals surface area contributed by atoms with Gasteiger partial charge in [-0.1, -0.05) is 23.4 Å². The van der Waals surface area contributed by atoms with Crippen molar-refractivity contribution in [3.05, 3.63) is 36.2 Å². The lowest BCUT2D eigenvalue weighted by Crippen LogP contribution is -2.00. The summed E-state index contributed by atoms with van der Waals surface area (Å²) < 4.78 is 5.16. The average molecular weight is 218 g/mol. The Labute approximate surface area is 93.7 Å². The van der Waals surface area contributed by atoms with Crippen LogP contribution < -0.4 is 5.73 Å². The minimum Gasteiger partial charge on any atom is -0.507 e. The largest absolute Gasteiger partial charge is 0.507 e. The van der Waals surface area contributed by atoms with Gasteiger partial charge in [-0.2, -0.15) is 0 Å². The van der Waals surface area contributed by atoms with Crippen LogP contribution in [-0.2, 0) is 6.42 Å². The van der Waals surface area contributed by atoms with Crippen molar-refractivity contribution in [3.63, 3.8) is 0 Å². The monoisotopic (exact) mass is 218 g/mol. The number of hydrogen-bond donors (Lipinski definition) is 2. The number of aromatic nitrogens is 1. The van der Waals surface area contributed by atoms with Crippen LogP contribution >= 0.6 is 0 Å². The van der Waals surface area contributed by atoms with Crippen molar-refractivity contribution in [2.75, 3.05) is 6.54 Å². The summed E-state index contributed by atoms with van der Waals surface area (Å²) in [4.78, 5) is 0. The number of nitrogens with zero attached hydrogens (tertiary/aromatic N) is 1. The van der Waals surface area contributed by atoms with E-state index < -0.39 is 0 Å². The van der Waals surface area contributed by atoms with Crippen LogP contribution in [0.1, 0.15) is 12.2 Å². The van der Waals surface area contributed by atoms with Crippen LogP contribution in [0, 0.1) is 0 Å². The van der Waals surface area contributed by atoms with E-state index in [0.29, 0.717) is 6.54 Å². The van der Waals surface area contributed by atoms with E-state index in [9.17, 15) is 5.11 Å². The highest BCUT2D eigenvalue weighted by Crippen LogP contribution is 2.31. The Bertz CT molecular complexity index is 466. The predicted molar refractivity (Wildman–Crippen MR) is 61.0 cm³/mol. The number of para-hydroxylation sites is 1. The molecule has 4 heteroatoms. The Morgan fingerprint density at radius 2 is 2.06 bits per heavy atom. The molecule has 0 aliphatic heterocycles. The molecule has 2 rings (SSSR count). The van der Waals surface area contributed by atoms with Gasteiger partial charge in [0.15, 0.2) is 0 Å². The number of nitrogens with two attached hydrogens (primary N) is 1. The molecule has 0 spiro atoms. The van der Waals surface area contributed by atoms with Crippen molar-refractivity contribution < 1.29 is 9.63 Å². The Kier molecular flexibility index (Phi) is 3.22. The molecule has 0 atom stereocenters. The molecule has 2 aromatic rings. The second kappa shape index (κ2) is 4.81. The topological polar surface area (TPSA) is 72.3 Å². The summed E-state index contributed by atoms with van der Waals surface area (Å²) in [6, 6.07) is 7.14. The molecule has 3 N–H and O–H groups in total. The lowest BCUT2D eigenvalue weighted by Gasteiger charge is -2.03. The lowest BCUT2D eigenvalue weighted by atomic mass is 10.0. The SMILES string of the molecule is NCCCc1oncc1-c1ccccc1O. The molecule has 0 radical (unpaired) electrons. The first-order chi connectivity index (χ1) is 7.83. The van der Waals surface area contributed by atoms with Gasteiger partial charge in [0.05, 0.1) is 6.20 Å². The summed E-state index contributed by atoms with van der Waals surface area (Å²) in [6.07, 6.45) is 3.21. The molecule has 1 aromatic carbocycles. The Morgan fingerprint density at radius 1 is 1.25 bits per heavy atom. The van der Waals surface area contributed by atoms with E-state index in [1.54, 1.807) is 18.3 Å². The molecule has 0 unspecified atom stereocenters. The van der Waals surface area contributed by atoms with Gasteiger partial charge < -0.3 is 15.4 Å². The minimum absolute atomic E-state index is 0.236. The van der Waals surface area contributed by atoms with Crippen molar-refractivity contribution in [2.24, 2.45) is 5.73 Å². The normalized spacial score (nSPS) is 10.6. The standard InChI is InChI=1S/C12H14N2O2/c13-7-3-6-12-10(8-14-16-12)9-4-1-2-5-11(9)15/h1-2,4-5,8,15H,3,6-7,13H2. The van der Waals surface area contributed by atoms with Gasteiger partial charge in [-0.05, 0) is 19.0 Å². The zero-order valence-electron chi connectivity index (χ0n) is 8.89. The first-order valence-corrected chi connectivity index (χ1v) is 5.25. The molecule has 84 valence electrons. The number of aromatic hydroxyl groups is 1. The molecule has 0 aliphatic rings. The number of phenols is 1. The van der Waals surface area contributed by atoms with Crippen molar-refractivity contribution in [3.8, 4) is 16.9 Å². The molecule has 4 nitrogen and oxygen atoms in total. The molecule has 0 saturated carbocycles. The molecule has 16 heavy (non-hydrogen) atoms. The third-order valence-electron chi connectivity index (χ3n) is 2.45. The first-order valence-electron chi connectivity index (χ1n) is 5.25. The summed E-state index contributed by atoms with van der Waals surface area (Å²) >= 11 is 0. The second-order valence-corrected chi connectivity index (χ2v) is 3.57. The van der Waals surface area contributed by atoms with Crippen molar-refractivity contribution >= 4 is 0 Å². The van der Waals surface area contributed by atoms with Crippen LogP contribution in [0.4, 0.5) is 0 Å². The van der Waals surface area contributed by atoms with Crippen LogP contribution in [0.2, 0.25) is 0 Å². The molecule has 0 bridgehead atoms. The molecular formula is C12H14N2O2. The van der Waals surface area contributed by atoms with Crippen molar-refractivity contribution in [1.82, 2.24) is 5.16 Å². The Hall–Kier alpha value is -1.81. The van der Waals surface area contributed by atoms with E-state index in [1.807, 2.05) is 12.1 Å². The van der Waals surface area contributed by atoms with Gasteiger partial charge in [-0.25, -0.2) is 0 Å². The second-order valence-electron chi connectivity index (χ2n) is 3.57. The molecule has 0 saturated heterocycles. The van der Waals surface area contributed by atoms with Gasteiger partial charge in [-0.15, -0.1) is 0 Å².